The van der Waals surface area contributed by atoms with E-state index in [1.807, 2.05) is 0 Å². The molecule has 0 atom stereocenters. The predicted octanol–water partition coefficient (Wildman–Crippen LogP) is 2.70. The van der Waals surface area contributed by atoms with E-state index < -0.39 is 0 Å². The van der Waals surface area contributed by atoms with Crippen molar-refractivity contribution < 1.29 is 9.53 Å². The molecule has 2 rings (SSSR count). The van der Waals surface area contributed by atoms with Gasteiger partial charge in [-0.05, 0) is 30.7 Å². The van der Waals surface area contributed by atoms with Crippen LogP contribution >= 0.6 is 24.0 Å². The van der Waals surface area contributed by atoms with Crippen LogP contribution in [0.3, 0.4) is 0 Å². The average molecular weight is 445 g/mol. The van der Waals surface area contributed by atoms with Crippen molar-refractivity contribution >= 4 is 35.9 Å². The fraction of sp³-hybridized carbons (Fsp3) is 0.556. The Labute approximate surface area is 161 Å². The van der Waals surface area contributed by atoms with E-state index in [1.165, 1.54) is 25.5 Å². The van der Waals surface area contributed by atoms with Gasteiger partial charge in [-0.1, -0.05) is 30.3 Å². The Hall–Kier alpha value is -1.31. The van der Waals surface area contributed by atoms with E-state index in [0.29, 0.717) is 13.0 Å². The van der Waals surface area contributed by atoms with Crippen molar-refractivity contribution in [2.45, 2.75) is 25.7 Å². The number of benzene rings is 1. The second kappa shape index (κ2) is 11.3. The fourth-order valence-electron chi connectivity index (χ4n) is 3.01. The standard InChI is InChI=1S/C18H27N3O2.HI/c1-19-18(20-11-8-17(22)23-2)21-12-9-16(10-13-21)14-15-6-4-3-5-7-15;/h3-7,16H,8-14H2,1-2H3,(H,19,20);1H. The number of methoxy groups -OCH3 is 1. The highest BCUT2D eigenvalue weighted by atomic mass is 127. The second-order valence-corrected chi connectivity index (χ2v) is 5.92. The van der Waals surface area contributed by atoms with Crippen LogP contribution in [0.1, 0.15) is 24.8 Å². The minimum absolute atomic E-state index is 0. The van der Waals surface area contributed by atoms with E-state index in [9.17, 15) is 4.79 Å². The lowest BCUT2D eigenvalue weighted by molar-refractivity contribution is -0.140. The maximum atomic E-state index is 11.2. The summed E-state index contributed by atoms with van der Waals surface area (Å²) in [6.07, 6.45) is 3.86. The normalized spacial score (nSPS) is 15.6. The largest absolute Gasteiger partial charge is 0.469 e. The van der Waals surface area contributed by atoms with Gasteiger partial charge in [0.1, 0.15) is 0 Å². The first-order valence-electron chi connectivity index (χ1n) is 8.29. The van der Waals surface area contributed by atoms with Gasteiger partial charge in [0.2, 0.25) is 0 Å². The molecule has 0 saturated carbocycles. The number of hydrogen-bond acceptors (Lipinski definition) is 3. The Bertz CT molecular complexity index is 514. The predicted molar refractivity (Wildman–Crippen MR) is 108 cm³/mol. The van der Waals surface area contributed by atoms with Crippen LogP contribution in [0.5, 0.6) is 0 Å². The molecule has 5 nitrogen and oxygen atoms in total. The van der Waals surface area contributed by atoms with Crippen LogP contribution in [-0.4, -0.2) is 50.6 Å². The summed E-state index contributed by atoms with van der Waals surface area (Å²) in [7, 11) is 3.20. The van der Waals surface area contributed by atoms with Crippen LogP contribution in [0.25, 0.3) is 0 Å². The number of nitrogens with zero attached hydrogens (tertiary/aromatic N) is 2. The van der Waals surface area contributed by atoms with Crippen molar-refractivity contribution in [3.8, 4) is 0 Å². The van der Waals surface area contributed by atoms with Gasteiger partial charge in [0, 0.05) is 26.7 Å². The summed E-state index contributed by atoms with van der Waals surface area (Å²) >= 11 is 0. The Morgan fingerprint density at radius 3 is 2.54 bits per heavy atom. The molecule has 0 aliphatic carbocycles. The van der Waals surface area contributed by atoms with Gasteiger partial charge in [0.15, 0.2) is 5.96 Å². The SMILES string of the molecule is CN=C(NCCC(=O)OC)N1CCC(Cc2ccccc2)CC1.I. The number of hydrogen-bond donors (Lipinski definition) is 1. The molecule has 134 valence electrons. The van der Waals surface area contributed by atoms with Gasteiger partial charge in [-0.2, -0.15) is 0 Å². The van der Waals surface area contributed by atoms with Crippen LogP contribution in [0.4, 0.5) is 0 Å². The zero-order valence-electron chi connectivity index (χ0n) is 14.5. The Kier molecular flexibility index (Phi) is 9.75. The van der Waals surface area contributed by atoms with E-state index in [1.54, 1.807) is 7.05 Å². The first-order chi connectivity index (χ1) is 11.2. The molecule has 6 heteroatoms. The van der Waals surface area contributed by atoms with Crippen molar-refractivity contribution in [1.82, 2.24) is 10.2 Å². The van der Waals surface area contributed by atoms with Crippen LogP contribution in [0.15, 0.2) is 35.3 Å². The van der Waals surface area contributed by atoms with Gasteiger partial charge in [0.05, 0.1) is 13.5 Å². The first kappa shape index (κ1) is 20.7. The topological polar surface area (TPSA) is 53.9 Å². The third-order valence-electron chi connectivity index (χ3n) is 4.33. The number of piperidine rings is 1. The molecular weight excluding hydrogens is 417 g/mol. The smallest absolute Gasteiger partial charge is 0.307 e. The average Bonchev–Trinajstić information content (AvgIpc) is 2.60. The highest BCUT2D eigenvalue weighted by Crippen LogP contribution is 2.21. The second-order valence-electron chi connectivity index (χ2n) is 5.92. The lowest BCUT2D eigenvalue weighted by Gasteiger charge is -2.34. The number of rotatable bonds is 5. The van der Waals surface area contributed by atoms with Crippen LogP contribution in [0.2, 0.25) is 0 Å². The minimum Gasteiger partial charge on any atom is -0.469 e. The van der Waals surface area contributed by atoms with E-state index in [-0.39, 0.29) is 29.9 Å². The van der Waals surface area contributed by atoms with Crippen LogP contribution in [-0.2, 0) is 16.0 Å². The molecule has 1 N–H and O–H groups in total. The van der Waals surface area contributed by atoms with Crippen LogP contribution < -0.4 is 5.32 Å². The Morgan fingerprint density at radius 1 is 1.29 bits per heavy atom. The molecule has 1 aromatic rings. The van der Waals surface area contributed by atoms with Gasteiger partial charge in [-0.15, -0.1) is 24.0 Å². The third kappa shape index (κ3) is 6.67. The number of esters is 1. The molecule has 1 heterocycles. The maximum Gasteiger partial charge on any atom is 0.307 e. The van der Waals surface area contributed by atoms with E-state index in [0.717, 1.165) is 31.4 Å². The Morgan fingerprint density at radius 2 is 1.96 bits per heavy atom. The first-order valence-corrected chi connectivity index (χ1v) is 8.29. The van der Waals surface area contributed by atoms with Crippen molar-refractivity contribution in [1.29, 1.82) is 0 Å². The van der Waals surface area contributed by atoms with Gasteiger partial charge < -0.3 is 15.0 Å². The summed E-state index contributed by atoms with van der Waals surface area (Å²) in [6.45, 7) is 2.58. The quantitative estimate of drug-likeness (QED) is 0.328. The number of halogens is 1. The molecular formula is C18H28IN3O2. The molecule has 24 heavy (non-hydrogen) atoms. The molecule has 0 spiro atoms. The minimum atomic E-state index is -0.200. The van der Waals surface area contributed by atoms with E-state index in [2.05, 4.69) is 50.3 Å². The summed E-state index contributed by atoms with van der Waals surface area (Å²) in [5.74, 6) is 1.42. The molecule has 1 aliphatic rings. The molecule has 1 aliphatic heterocycles. The van der Waals surface area contributed by atoms with Crippen LogP contribution in [0, 0.1) is 5.92 Å². The molecule has 0 radical (unpaired) electrons. The molecule has 0 bridgehead atoms. The molecule has 0 unspecified atom stereocenters. The highest BCUT2D eigenvalue weighted by Gasteiger charge is 2.21. The van der Waals surface area contributed by atoms with Crippen molar-refractivity contribution in [2.75, 3.05) is 33.8 Å². The lowest BCUT2D eigenvalue weighted by Crippen LogP contribution is -2.46. The zero-order chi connectivity index (χ0) is 16.5. The van der Waals surface area contributed by atoms with Crippen molar-refractivity contribution in [3.05, 3.63) is 35.9 Å². The van der Waals surface area contributed by atoms with Crippen molar-refractivity contribution in [3.63, 3.8) is 0 Å². The summed E-state index contributed by atoms with van der Waals surface area (Å²) in [5, 5.41) is 3.24. The van der Waals surface area contributed by atoms with Gasteiger partial charge in [-0.25, -0.2) is 0 Å². The summed E-state index contributed by atoms with van der Waals surface area (Å²) in [4.78, 5) is 17.8. The summed E-state index contributed by atoms with van der Waals surface area (Å²) in [5.41, 5.74) is 1.42. The third-order valence-corrected chi connectivity index (χ3v) is 4.33. The van der Waals surface area contributed by atoms with Crippen molar-refractivity contribution in [2.24, 2.45) is 10.9 Å². The number of guanidine groups is 1. The zero-order valence-corrected chi connectivity index (χ0v) is 16.9. The van der Waals surface area contributed by atoms with E-state index in [4.69, 9.17) is 0 Å². The fourth-order valence-corrected chi connectivity index (χ4v) is 3.01. The number of aliphatic imine (C=N–C) groups is 1. The highest BCUT2D eigenvalue weighted by molar-refractivity contribution is 14.0. The number of carbonyl (C=O) groups is 1. The van der Waals surface area contributed by atoms with E-state index >= 15 is 0 Å². The number of nitrogens with one attached hydrogen (secondary N) is 1. The lowest BCUT2D eigenvalue weighted by atomic mass is 9.90. The molecule has 1 fully saturated rings. The number of likely N-dealkylation sites (tertiary alicyclic amines) is 1. The van der Waals surface area contributed by atoms with Gasteiger partial charge in [0.25, 0.3) is 0 Å². The maximum absolute atomic E-state index is 11.2. The molecule has 1 saturated heterocycles. The molecule has 0 aromatic heterocycles. The number of ether oxygens (including phenoxy) is 1. The van der Waals surface area contributed by atoms with Gasteiger partial charge >= 0.3 is 5.97 Å². The Balaban J connectivity index is 0.00000288. The summed E-state index contributed by atoms with van der Waals surface area (Å²) < 4.78 is 4.65. The molecule has 0 amide bonds. The number of carbonyl (C=O) groups excluding carboxylic acids is 1. The summed E-state index contributed by atoms with van der Waals surface area (Å²) in [6, 6.07) is 10.7. The van der Waals surface area contributed by atoms with Gasteiger partial charge in [-0.3, -0.25) is 9.79 Å². The molecule has 1 aromatic carbocycles. The monoisotopic (exact) mass is 445 g/mol.